The fraction of sp³-hybridized carbons (Fsp3) is 0.167. The van der Waals surface area contributed by atoms with Crippen LogP contribution < -0.4 is 14.8 Å². The smallest absolute Gasteiger partial charge is 0.289 e. The third kappa shape index (κ3) is 4.12. The van der Waals surface area contributed by atoms with E-state index in [1.807, 2.05) is 0 Å². The molecule has 1 amide bonds. The van der Waals surface area contributed by atoms with E-state index in [-0.39, 0.29) is 16.4 Å². The molecule has 0 saturated heterocycles. The fourth-order valence-corrected chi connectivity index (χ4v) is 2.60. The van der Waals surface area contributed by atoms with Gasteiger partial charge in [0.1, 0.15) is 5.02 Å². The maximum absolute atomic E-state index is 12.6. The number of rotatable bonds is 7. The van der Waals surface area contributed by atoms with Crippen molar-refractivity contribution in [2.75, 3.05) is 19.5 Å². The molecule has 2 rings (SSSR count). The van der Waals surface area contributed by atoms with E-state index in [0.717, 1.165) is 5.56 Å². The van der Waals surface area contributed by atoms with E-state index in [9.17, 15) is 14.9 Å². The number of halogens is 1. The van der Waals surface area contributed by atoms with Crippen LogP contribution in [0.1, 0.15) is 15.9 Å². The number of hydrogen-bond acceptors (Lipinski definition) is 5. The number of carbonyl (C=O) groups is 1. The Balaban J connectivity index is 2.38. The number of anilines is 1. The molecule has 136 valence electrons. The lowest BCUT2D eigenvalue weighted by molar-refractivity contribution is -0.384. The summed E-state index contributed by atoms with van der Waals surface area (Å²) in [5, 5.41) is 13.6. The van der Waals surface area contributed by atoms with E-state index in [1.54, 1.807) is 12.1 Å². The highest BCUT2D eigenvalue weighted by molar-refractivity contribution is 6.32. The molecule has 0 heterocycles. The number of nitro groups is 1. The number of nitrogens with one attached hydrogen (secondary N) is 1. The van der Waals surface area contributed by atoms with Crippen LogP contribution in [-0.4, -0.2) is 25.1 Å². The number of ether oxygens (including phenoxy) is 2. The van der Waals surface area contributed by atoms with Gasteiger partial charge in [0.05, 0.1) is 19.1 Å². The standard InChI is InChI=1S/C18H17ClN2O5/c1-4-5-11-8-12(9-16(25-2)17(11)26-3)18(22)20-13-6-7-14(19)15(10-13)21(23)24/h4,6-10H,1,5H2,2-3H3,(H,20,22). The predicted octanol–water partition coefficient (Wildman–Crippen LogP) is 4.25. The van der Waals surface area contributed by atoms with Gasteiger partial charge in [0.15, 0.2) is 11.5 Å². The molecule has 0 fully saturated rings. The lowest BCUT2D eigenvalue weighted by atomic mass is 10.0. The van der Waals surface area contributed by atoms with Crippen LogP contribution in [0.15, 0.2) is 43.0 Å². The largest absolute Gasteiger partial charge is 0.493 e. The van der Waals surface area contributed by atoms with Crippen LogP contribution in [0.4, 0.5) is 11.4 Å². The van der Waals surface area contributed by atoms with Gasteiger partial charge in [-0.3, -0.25) is 14.9 Å². The van der Waals surface area contributed by atoms with E-state index in [1.165, 1.54) is 38.5 Å². The lowest BCUT2D eigenvalue weighted by Crippen LogP contribution is -2.13. The number of allylic oxidation sites excluding steroid dienone is 1. The Labute approximate surface area is 155 Å². The molecular weight excluding hydrogens is 360 g/mol. The van der Waals surface area contributed by atoms with Crippen LogP contribution >= 0.6 is 11.6 Å². The number of amides is 1. The molecule has 2 aromatic carbocycles. The zero-order valence-electron chi connectivity index (χ0n) is 14.2. The maximum atomic E-state index is 12.6. The first kappa shape index (κ1) is 19.3. The number of nitro benzene ring substituents is 1. The molecule has 0 atom stereocenters. The van der Waals surface area contributed by atoms with Crippen molar-refractivity contribution in [1.82, 2.24) is 0 Å². The summed E-state index contributed by atoms with van der Waals surface area (Å²) >= 11 is 5.78. The van der Waals surface area contributed by atoms with Gasteiger partial charge in [0.25, 0.3) is 11.6 Å². The lowest BCUT2D eigenvalue weighted by Gasteiger charge is -2.14. The summed E-state index contributed by atoms with van der Waals surface area (Å²) in [4.78, 5) is 22.9. The highest BCUT2D eigenvalue weighted by Gasteiger charge is 2.18. The van der Waals surface area contributed by atoms with Crippen LogP contribution in [0.3, 0.4) is 0 Å². The van der Waals surface area contributed by atoms with E-state index in [2.05, 4.69) is 11.9 Å². The summed E-state index contributed by atoms with van der Waals surface area (Å²) < 4.78 is 10.6. The summed E-state index contributed by atoms with van der Waals surface area (Å²) in [5.41, 5.74) is 1.02. The van der Waals surface area contributed by atoms with E-state index < -0.39 is 10.8 Å². The fourth-order valence-electron chi connectivity index (χ4n) is 2.42. The minimum Gasteiger partial charge on any atom is -0.493 e. The van der Waals surface area contributed by atoms with Gasteiger partial charge in [-0.1, -0.05) is 17.7 Å². The highest BCUT2D eigenvalue weighted by Crippen LogP contribution is 2.34. The molecule has 0 radical (unpaired) electrons. The Hall–Kier alpha value is -3.06. The van der Waals surface area contributed by atoms with Gasteiger partial charge in [0, 0.05) is 22.9 Å². The molecule has 26 heavy (non-hydrogen) atoms. The number of benzene rings is 2. The zero-order chi connectivity index (χ0) is 19.3. The minimum absolute atomic E-state index is 0.00705. The van der Waals surface area contributed by atoms with E-state index in [0.29, 0.717) is 23.5 Å². The molecule has 0 aromatic heterocycles. The van der Waals surface area contributed by atoms with Gasteiger partial charge in [-0.2, -0.15) is 0 Å². The first-order valence-electron chi connectivity index (χ1n) is 7.52. The number of methoxy groups -OCH3 is 2. The highest BCUT2D eigenvalue weighted by atomic mass is 35.5. The number of nitrogens with zero attached hydrogens (tertiary/aromatic N) is 1. The molecule has 0 aliphatic rings. The number of carbonyl (C=O) groups excluding carboxylic acids is 1. The number of hydrogen-bond donors (Lipinski definition) is 1. The van der Waals surface area contributed by atoms with Crippen molar-refractivity contribution in [3.8, 4) is 11.5 Å². The molecule has 0 unspecified atom stereocenters. The van der Waals surface area contributed by atoms with Gasteiger partial charge in [-0.15, -0.1) is 6.58 Å². The summed E-state index contributed by atoms with van der Waals surface area (Å²) in [6.07, 6.45) is 2.16. The van der Waals surface area contributed by atoms with Gasteiger partial charge in [-0.05, 0) is 30.7 Å². The zero-order valence-corrected chi connectivity index (χ0v) is 15.0. The first-order valence-corrected chi connectivity index (χ1v) is 7.90. The van der Waals surface area contributed by atoms with Crippen molar-refractivity contribution < 1.29 is 19.2 Å². The Morgan fingerprint density at radius 3 is 2.62 bits per heavy atom. The van der Waals surface area contributed by atoms with Crippen molar-refractivity contribution in [2.45, 2.75) is 6.42 Å². The second kappa shape index (κ2) is 8.35. The monoisotopic (exact) mass is 376 g/mol. The molecule has 8 heteroatoms. The van der Waals surface area contributed by atoms with Crippen molar-refractivity contribution in [3.05, 3.63) is 69.3 Å². The summed E-state index contributed by atoms with van der Waals surface area (Å²) in [6, 6.07) is 7.23. The maximum Gasteiger partial charge on any atom is 0.289 e. The van der Waals surface area contributed by atoms with Crippen molar-refractivity contribution in [3.63, 3.8) is 0 Å². The summed E-state index contributed by atoms with van der Waals surface area (Å²) in [5.74, 6) is 0.470. The molecule has 1 N–H and O–H groups in total. The van der Waals surface area contributed by atoms with Gasteiger partial charge >= 0.3 is 0 Å². The normalized spacial score (nSPS) is 10.1. The quantitative estimate of drug-likeness (QED) is 0.443. The molecule has 0 spiro atoms. The molecule has 7 nitrogen and oxygen atoms in total. The van der Waals surface area contributed by atoms with Crippen molar-refractivity contribution >= 4 is 28.9 Å². The molecule has 0 aliphatic carbocycles. The Kier molecular flexibility index (Phi) is 6.19. The van der Waals surface area contributed by atoms with Crippen LogP contribution in [0, 0.1) is 10.1 Å². The third-order valence-corrected chi connectivity index (χ3v) is 3.90. The first-order chi connectivity index (χ1) is 12.4. The topological polar surface area (TPSA) is 90.7 Å². The second-order valence-electron chi connectivity index (χ2n) is 5.24. The van der Waals surface area contributed by atoms with Crippen LogP contribution in [-0.2, 0) is 6.42 Å². The Morgan fingerprint density at radius 1 is 1.31 bits per heavy atom. The third-order valence-electron chi connectivity index (χ3n) is 3.58. The Bertz CT molecular complexity index is 867. The van der Waals surface area contributed by atoms with E-state index in [4.69, 9.17) is 21.1 Å². The van der Waals surface area contributed by atoms with Crippen LogP contribution in [0.25, 0.3) is 0 Å². The Morgan fingerprint density at radius 2 is 2.04 bits per heavy atom. The molecule has 0 aliphatic heterocycles. The minimum atomic E-state index is -0.614. The SMILES string of the molecule is C=CCc1cc(C(=O)Nc2ccc(Cl)c([N+](=O)[O-])c2)cc(OC)c1OC. The van der Waals surface area contributed by atoms with Gasteiger partial charge < -0.3 is 14.8 Å². The van der Waals surface area contributed by atoms with Crippen LogP contribution in [0.5, 0.6) is 11.5 Å². The summed E-state index contributed by atoms with van der Waals surface area (Å²) in [6.45, 7) is 3.69. The van der Waals surface area contributed by atoms with Gasteiger partial charge in [-0.25, -0.2) is 0 Å². The predicted molar refractivity (Wildman–Crippen MR) is 99.5 cm³/mol. The molecule has 2 aromatic rings. The van der Waals surface area contributed by atoms with E-state index >= 15 is 0 Å². The van der Waals surface area contributed by atoms with Crippen molar-refractivity contribution in [2.24, 2.45) is 0 Å². The van der Waals surface area contributed by atoms with Gasteiger partial charge in [0.2, 0.25) is 0 Å². The van der Waals surface area contributed by atoms with Crippen molar-refractivity contribution in [1.29, 1.82) is 0 Å². The molecular formula is C18H17ClN2O5. The average molecular weight is 377 g/mol. The molecule has 0 bridgehead atoms. The van der Waals surface area contributed by atoms with Crippen LogP contribution in [0.2, 0.25) is 5.02 Å². The average Bonchev–Trinajstić information content (AvgIpc) is 2.62. The second-order valence-corrected chi connectivity index (χ2v) is 5.65. The molecule has 0 saturated carbocycles. The summed E-state index contributed by atoms with van der Waals surface area (Å²) in [7, 11) is 2.98.